The van der Waals surface area contributed by atoms with E-state index >= 15 is 0 Å². The number of terminal acetylenes is 1. The molecule has 0 aliphatic heterocycles. The molecule has 1 aromatic rings. The molecule has 1 N–H and O–H groups in total. The highest BCUT2D eigenvalue weighted by Crippen LogP contribution is 2.61. The third-order valence-corrected chi connectivity index (χ3v) is 2.87. The van der Waals surface area contributed by atoms with Crippen molar-refractivity contribution < 1.29 is 18.7 Å². The van der Waals surface area contributed by atoms with Gasteiger partial charge in [-0.15, -0.1) is 6.42 Å². The number of carboxylic acid groups (broad SMARTS) is 1. The summed E-state index contributed by atoms with van der Waals surface area (Å²) in [6, 6.07) is 5.76. The van der Waals surface area contributed by atoms with Gasteiger partial charge in [-0.3, -0.25) is 4.79 Å². The van der Waals surface area contributed by atoms with Crippen LogP contribution in [0.4, 0.5) is 8.78 Å². The molecule has 16 heavy (non-hydrogen) atoms. The smallest absolute Gasteiger partial charge is 0.320 e. The number of rotatable bonds is 2. The predicted octanol–water partition coefficient (Wildman–Crippen LogP) is 2.03. The standard InChI is InChI=1S/C12H8F2O2/c1-2-8-4-3-5-9(6-8)11(10(15)16)7-12(11,13)14/h1,3-6H,7H2,(H,15,16). The van der Waals surface area contributed by atoms with Gasteiger partial charge in [0, 0.05) is 12.0 Å². The zero-order valence-corrected chi connectivity index (χ0v) is 8.21. The van der Waals surface area contributed by atoms with Crippen molar-refractivity contribution in [2.45, 2.75) is 17.8 Å². The molecule has 0 radical (unpaired) electrons. The summed E-state index contributed by atoms with van der Waals surface area (Å²) in [5.74, 6) is -2.40. The highest BCUT2D eigenvalue weighted by Gasteiger charge is 2.77. The summed E-state index contributed by atoms with van der Waals surface area (Å²) in [5, 5.41) is 8.92. The molecule has 0 bridgehead atoms. The number of aliphatic carboxylic acids is 1. The molecule has 2 rings (SSSR count). The number of hydrogen-bond acceptors (Lipinski definition) is 1. The van der Waals surface area contributed by atoms with Crippen molar-refractivity contribution in [1.82, 2.24) is 0 Å². The molecule has 1 fully saturated rings. The molecule has 1 aliphatic rings. The molecular formula is C12H8F2O2. The Kier molecular flexibility index (Phi) is 2.02. The lowest BCUT2D eigenvalue weighted by atomic mass is 9.94. The van der Waals surface area contributed by atoms with Gasteiger partial charge < -0.3 is 5.11 Å². The summed E-state index contributed by atoms with van der Waals surface area (Å²) < 4.78 is 26.4. The van der Waals surface area contributed by atoms with Crippen LogP contribution >= 0.6 is 0 Å². The van der Waals surface area contributed by atoms with Gasteiger partial charge in [0.15, 0.2) is 5.41 Å². The molecule has 0 amide bonds. The molecule has 82 valence electrons. The average Bonchev–Trinajstić information content (AvgIpc) is 2.83. The van der Waals surface area contributed by atoms with E-state index in [0.717, 1.165) is 0 Å². The number of carbonyl (C=O) groups is 1. The number of halogens is 2. The molecule has 0 spiro atoms. The van der Waals surface area contributed by atoms with Crippen LogP contribution in [0.1, 0.15) is 17.5 Å². The fraction of sp³-hybridized carbons (Fsp3) is 0.250. The van der Waals surface area contributed by atoms with Gasteiger partial charge in [0.25, 0.3) is 5.92 Å². The quantitative estimate of drug-likeness (QED) is 0.777. The lowest BCUT2D eigenvalue weighted by Crippen LogP contribution is -2.27. The Labute approximate surface area is 90.9 Å². The maximum atomic E-state index is 13.2. The van der Waals surface area contributed by atoms with Crippen molar-refractivity contribution in [1.29, 1.82) is 0 Å². The highest BCUT2D eigenvalue weighted by molar-refractivity contribution is 5.87. The van der Waals surface area contributed by atoms with E-state index in [0.29, 0.717) is 5.56 Å². The van der Waals surface area contributed by atoms with Gasteiger partial charge in [-0.25, -0.2) is 8.78 Å². The molecule has 0 aromatic heterocycles. The first-order valence-corrected chi connectivity index (χ1v) is 4.62. The first-order chi connectivity index (χ1) is 7.44. The van der Waals surface area contributed by atoms with Gasteiger partial charge in [0.1, 0.15) is 0 Å². The van der Waals surface area contributed by atoms with E-state index in [1.54, 1.807) is 6.07 Å². The SMILES string of the molecule is C#Cc1cccc(C2(C(=O)O)CC2(F)F)c1. The lowest BCUT2D eigenvalue weighted by Gasteiger charge is -2.11. The van der Waals surface area contributed by atoms with Crippen LogP contribution in [0.25, 0.3) is 0 Å². The zero-order chi connectivity index (χ0) is 12.0. The summed E-state index contributed by atoms with van der Waals surface area (Å²) in [4.78, 5) is 11.0. The first-order valence-electron chi connectivity index (χ1n) is 4.62. The van der Waals surface area contributed by atoms with E-state index < -0.39 is 23.7 Å². The second-order valence-corrected chi connectivity index (χ2v) is 3.82. The van der Waals surface area contributed by atoms with Crippen molar-refractivity contribution in [2.24, 2.45) is 0 Å². The maximum Gasteiger partial charge on any atom is 0.320 e. The molecule has 1 atom stereocenters. The van der Waals surface area contributed by atoms with Gasteiger partial charge in [-0.1, -0.05) is 18.1 Å². The summed E-state index contributed by atoms with van der Waals surface area (Å²) in [5.41, 5.74) is -1.61. The molecule has 1 saturated carbocycles. The first kappa shape index (κ1) is 10.6. The molecular weight excluding hydrogens is 214 g/mol. The van der Waals surface area contributed by atoms with Crippen molar-refractivity contribution >= 4 is 5.97 Å². The minimum Gasteiger partial charge on any atom is -0.480 e. The van der Waals surface area contributed by atoms with E-state index in [-0.39, 0.29) is 5.56 Å². The topological polar surface area (TPSA) is 37.3 Å². The third kappa shape index (κ3) is 1.21. The van der Waals surface area contributed by atoms with E-state index in [2.05, 4.69) is 5.92 Å². The third-order valence-electron chi connectivity index (χ3n) is 2.87. The van der Waals surface area contributed by atoms with Crippen molar-refractivity contribution in [2.75, 3.05) is 0 Å². The van der Waals surface area contributed by atoms with Crippen LogP contribution in [0, 0.1) is 12.3 Å². The minimum absolute atomic E-state index is 0.0699. The Bertz CT molecular complexity index is 502. The van der Waals surface area contributed by atoms with Crippen molar-refractivity contribution in [3.8, 4) is 12.3 Å². The second-order valence-electron chi connectivity index (χ2n) is 3.82. The molecule has 0 heterocycles. The number of hydrogen-bond donors (Lipinski definition) is 1. The minimum atomic E-state index is -3.19. The lowest BCUT2D eigenvalue weighted by molar-refractivity contribution is -0.142. The van der Waals surface area contributed by atoms with Crippen LogP contribution in [0.2, 0.25) is 0 Å². The van der Waals surface area contributed by atoms with Gasteiger partial charge in [-0.05, 0) is 17.7 Å². The number of benzene rings is 1. The Morgan fingerprint density at radius 1 is 1.50 bits per heavy atom. The Morgan fingerprint density at radius 2 is 2.12 bits per heavy atom. The Hall–Kier alpha value is -1.89. The van der Waals surface area contributed by atoms with Crippen molar-refractivity contribution in [3.63, 3.8) is 0 Å². The predicted molar refractivity (Wildman–Crippen MR) is 53.3 cm³/mol. The molecule has 4 heteroatoms. The Balaban J connectivity index is 2.52. The number of alkyl halides is 2. The average molecular weight is 222 g/mol. The fourth-order valence-electron chi connectivity index (χ4n) is 1.83. The van der Waals surface area contributed by atoms with Crippen LogP contribution in [-0.4, -0.2) is 17.0 Å². The number of carboxylic acids is 1. The second kappa shape index (κ2) is 3.05. The van der Waals surface area contributed by atoms with Gasteiger partial charge in [0.2, 0.25) is 0 Å². The summed E-state index contributed by atoms with van der Waals surface area (Å²) >= 11 is 0. The molecule has 2 nitrogen and oxygen atoms in total. The van der Waals surface area contributed by atoms with Gasteiger partial charge in [-0.2, -0.15) is 0 Å². The Morgan fingerprint density at radius 3 is 2.56 bits per heavy atom. The molecule has 0 saturated heterocycles. The highest BCUT2D eigenvalue weighted by atomic mass is 19.3. The van der Waals surface area contributed by atoms with Crippen LogP contribution < -0.4 is 0 Å². The van der Waals surface area contributed by atoms with Gasteiger partial charge in [0.05, 0.1) is 0 Å². The fourth-order valence-corrected chi connectivity index (χ4v) is 1.83. The largest absolute Gasteiger partial charge is 0.480 e. The van der Waals surface area contributed by atoms with Crippen LogP contribution in [0.5, 0.6) is 0 Å². The van der Waals surface area contributed by atoms with Crippen LogP contribution in [0.15, 0.2) is 24.3 Å². The summed E-state index contributed by atoms with van der Waals surface area (Å²) in [6.45, 7) is 0. The van der Waals surface area contributed by atoms with E-state index in [1.165, 1.54) is 18.2 Å². The van der Waals surface area contributed by atoms with Crippen LogP contribution in [-0.2, 0) is 10.2 Å². The zero-order valence-electron chi connectivity index (χ0n) is 8.21. The van der Waals surface area contributed by atoms with E-state index in [9.17, 15) is 13.6 Å². The van der Waals surface area contributed by atoms with Crippen LogP contribution in [0.3, 0.4) is 0 Å². The van der Waals surface area contributed by atoms with E-state index in [4.69, 9.17) is 11.5 Å². The van der Waals surface area contributed by atoms with Crippen molar-refractivity contribution in [3.05, 3.63) is 35.4 Å². The molecule has 1 aliphatic carbocycles. The molecule has 1 aromatic carbocycles. The van der Waals surface area contributed by atoms with Gasteiger partial charge >= 0.3 is 5.97 Å². The van der Waals surface area contributed by atoms with E-state index in [1.807, 2.05) is 0 Å². The molecule has 1 unspecified atom stereocenters. The normalized spacial score (nSPS) is 25.8. The summed E-state index contributed by atoms with van der Waals surface area (Å²) in [6.07, 6.45) is 4.48. The monoisotopic (exact) mass is 222 g/mol. The maximum absolute atomic E-state index is 13.2. The summed E-state index contributed by atoms with van der Waals surface area (Å²) in [7, 11) is 0.